The number of rotatable bonds is 0. The monoisotopic (exact) mass is 532 g/mol. The van der Waals surface area contributed by atoms with Crippen LogP contribution in [0.25, 0.3) is 0 Å². The number of fused-ring (bicyclic) bond motifs is 1. The van der Waals surface area contributed by atoms with E-state index in [-0.39, 0.29) is 55.5 Å². The summed E-state index contributed by atoms with van der Waals surface area (Å²) in [4.78, 5) is 25.0. The second kappa shape index (κ2) is 6.66. The van der Waals surface area contributed by atoms with Crippen molar-refractivity contribution in [2.75, 3.05) is 0 Å². The molecule has 5 heterocycles. The van der Waals surface area contributed by atoms with E-state index in [9.17, 15) is 24.9 Å². The van der Waals surface area contributed by atoms with Crippen LogP contribution in [0.1, 0.15) is 66.2 Å². The van der Waals surface area contributed by atoms with Crippen LogP contribution < -0.4 is 0 Å². The lowest BCUT2D eigenvalue weighted by Crippen LogP contribution is -2.76. The smallest absolute Gasteiger partial charge is 0.336 e. The predicted molar refractivity (Wildman–Crippen MR) is 126 cm³/mol. The number of aliphatic hydroxyl groups is 3. The third-order valence-corrected chi connectivity index (χ3v) is 11.6. The van der Waals surface area contributed by atoms with Crippen molar-refractivity contribution in [1.29, 1.82) is 0 Å². The highest BCUT2D eigenvalue weighted by atomic mass is 16.8. The maximum Gasteiger partial charge on any atom is 0.336 e. The Morgan fingerprint density at radius 1 is 1.00 bits per heavy atom. The first-order valence-corrected chi connectivity index (χ1v) is 14.0. The molecule has 0 unspecified atom stereocenters. The number of carbonyl (C=O) groups excluding carboxylic acids is 2. The minimum absolute atomic E-state index is 0.0289. The van der Waals surface area contributed by atoms with E-state index in [4.69, 9.17) is 23.7 Å². The zero-order chi connectivity index (χ0) is 26.8. The first-order chi connectivity index (χ1) is 17.7. The third kappa shape index (κ3) is 2.49. The van der Waals surface area contributed by atoms with E-state index in [1.807, 2.05) is 13.8 Å². The van der Waals surface area contributed by atoms with Gasteiger partial charge in [0.25, 0.3) is 0 Å². The first kappa shape index (κ1) is 24.3. The van der Waals surface area contributed by atoms with E-state index in [0.29, 0.717) is 18.4 Å². The number of ether oxygens (including phenoxy) is 5. The number of epoxide rings is 1. The van der Waals surface area contributed by atoms with Crippen molar-refractivity contribution < 1.29 is 48.6 Å². The van der Waals surface area contributed by atoms with Crippen molar-refractivity contribution in [1.82, 2.24) is 0 Å². The highest BCUT2D eigenvalue weighted by Gasteiger charge is 2.90. The summed E-state index contributed by atoms with van der Waals surface area (Å²) >= 11 is 0. The maximum atomic E-state index is 12.5. The van der Waals surface area contributed by atoms with Crippen LogP contribution in [0.4, 0.5) is 0 Å². The fourth-order valence-electron chi connectivity index (χ4n) is 10.7. The van der Waals surface area contributed by atoms with Gasteiger partial charge in [0.1, 0.15) is 22.9 Å². The van der Waals surface area contributed by atoms with Gasteiger partial charge >= 0.3 is 11.9 Å². The molecule has 8 rings (SSSR count). The topological polar surface area (TPSA) is 144 Å². The normalized spacial score (nSPS) is 61.0. The molecule has 0 aromatic heterocycles. The Hall–Kier alpha value is -1.56. The molecule has 3 N–H and O–H groups in total. The molecule has 208 valence electrons. The van der Waals surface area contributed by atoms with E-state index in [0.717, 1.165) is 0 Å². The van der Waals surface area contributed by atoms with Gasteiger partial charge in [-0.15, -0.1) is 0 Å². The Bertz CT molecular complexity index is 1200. The minimum atomic E-state index is -1.61. The van der Waals surface area contributed by atoms with Gasteiger partial charge in [-0.2, -0.15) is 0 Å². The number of hydrogen-bond acceptors (Lipinski definition) is 10. The molecular weight excluding hydrogens is 496 g/mol. The predicted octanol–water partition coefficient (Wildman–Crippen LogP) is 0.884. The van der Waals surface area contributed by atoms with Crippen molar-refractivity contribution in [3.05, 3.63) is 11.6 Å². The highest BCUT2D eigenvalue weighted by molar-refractivity contribution is 5.90. The van der Waals surface area contributed by atoms with Crippen LogP contribution >= 0.6 is 0 Å². The van der Waals surface area contributed by atoms with Gasteiger partial charge in [-0.05, 0) is 51.5 Å². The van der Waals surface area contributed by atoms with Gasteiger partial charge in [0.2, 0.25) is 5.79 Å². The minimum Gasteiger partial charge on any atom is -0.456 e. The molecule has 0 radical (unpaired) electrons. The summed E-state index contributed by atoms with van der Waals surface area (Å²) in [5, 5.41) is 36.5. The highest BCUT2D eigenvalue weighted by Crippen LogP contribution is 2.76. The molecule has 4 spiro atoms. The third-order valence-electron chi connectivity index (χ3n) is 11.6. The molecular formula is C28H36O10. The van der Waals surface area contributed by atoms with Crippen molar-refractivity contribution in [2.24, 2.45) is 23.7 Å². The lowest BCUT2D eigenvalue weighted by Gasteiger charge is -2.61. The molecule has 0 amide bonds. The van der Waals surface area contributed by atoms with Crippen LogP contribution in [0.3, 0.4) is 0 Å². The Morgan fingerprint density at radius 2 is 1.76 bits per heavy atom. The molecule has 3 saturated carbocycles. The summed E-state index contributed by atoms with van der Waals surface area (Å²) in [6.45, 7) is 7.63. The van der Waals surface area contributed by atoms with E-state index >= 15 is 0 Å². The summed E-state index contributed by atoms with van der Waals surface area (Å²) in [5.74, 6) is -3.38. The van der Waals surface area contributed by atoms with E-state index in [1.54, 1.807) is 13.0 Å². The van der Waals surface area contributed by atoms with Crippen molar-refractivity contribution >= 4 is 11.9 Å². The van der Waals surface area contributed by atoms with Gasteiger partial charge in [0, 0.05) is 36.7 Å². The van der Waals surface area contributed by atoms with Gasteiger partial charge in [-0.25, -0.2) is 4.79 Å². The Kier molecular flexibility index (Phi) is 4.25. The standard InChI is InChI=1S/C28H36O10/c1-12-8-25(9-13(2)22(32)37-25)38-27-14(12)5-19-28(27,35-19)21-15(29)6-16-23(3,4)34-18-7-20(31)36-26(16,18)11-24(21,33)10-17(27)30/h9,12,14-19,21,29-30,33H,5-8,10-11H2,1-4H3/t12-,14-,15+,16-,17-,18+,19-,21+,24-,25+,26+,27+,28+/m0/s1. The van der Waals surface area contributed by atoms with Crippen molar-refractivity contribution in [3.63, 3.8) is 0 Å². The summed E-state index contributed by atoms with van der Waals surface area (Å²) in [5.41, 5.74) is -5.38. The van der Waals surface area contributed by atoms with E-state index in [2.05, 4.69) is 6.92 Å². The zero-order valence-corrected chi connectivity index (χ0v) is 22.1. The summed E-state index contributed by atoms with van der Waals surface area (Å²) in [6.07, 6.45) is -0.00410. The molecule has 4 saturated heterocycles. The summed E-state index contributed by atoms with van der Waals surface area (Å²) in [7, 11) is 0. The SMILES string of the molecule is CC1=C[C@]2(C[C@H](C)[C@@H]3C[C@@H]4O[C@@]45[C@@H]4[C@H](O)C[C@H]6C(C)(C)O[C@@H]7CC(=O)O[C@@]76C[C@@]4(O)C[C@H](O)[C@]35O2)OC1=O. The summed E-state index contributed by atoms with van der Waals surface area (Å²) in [6, 6.07) is 0. The van der Waals surface area contributed by atoms with E-state index in [1.165, 1.54) is 0 Å². The summed E-state index contributed by atoms with van der Waals surface area (Å²) < 4.78 is 31.4. The average molecular weight is 533 g/mol. The largest absolute Gasteiger partial charge is 0.456 e. The average Bonchev–Trinajstić information content (AvgIpc) is 3.12. The van der Waals surface area contributed by atoms with Crippen LogP contribution in [-0.2, 0) is 33.3 Å². The molecule has 10 heteroatoms. The molecule has 3 aliphatic carbocycles. The molecule has 10 nitrogen and oxygen atoms in total. The molecule has 0 aromatic carbocycles. The van der Waals surface area contributed by atoms with Crippen LogP contribution in [0.15, 0.2) is 11.6 Å². The van der Waals surface area contributed by atoms with Crippen LogP contribution in [0.5, 0.6) is 0 Å². The lowest BCUT2D eigenvalue weighted by molar-refractivity contribution is -0.363. The Labute approximate surface area is 220 Å². The molecule has 8 aliphatic rings. The van der Waals surface area contributed by atoms with Gasteiger partial charge in [-0.1, -0.05) is 6.92 Å². The second-order valence-electron chi connectivity index (χ2n) is 14.0. The molecule has 0 aromatic rings. The zero-order valence-electron chi connectivity index (χ0n) is 22.1. The van der Waals surface area contributed by atoms with Crippen LogP contribution in [0, 0.1) is 23.7 Å². The van der Waals surface area contributed by atoms with Gasteiger partial charge in [-0.3, -0.25) is 4.79 Å². The Balaban J connectivity index is 1.27. The van der Waals surface area contributed by atoms with Gasteiger partial charge in [0.15, 0.2) is 0 Å². The number of aliphatic hydroxyl groups excluding tert-OH is 2. The maximum absolute atomic E-state index is 12.5. The van der Waals surface area contributed by atoms with Crippen LogP contribution in [0.2, 0.25) is 0 Å². The second-order valence-corrected chi connectivity index (χ2v) is 14.0. The molecule has 5 aliphatic heterocycles. The van der Waals surface area contributed by atoms with Crippen molar-refractivity contribution in [3.8, 4) is 0 Å². The van der Waals surface area contributed by atoms with Crippen LogP contribution in [-0.4, -0.2) is 85.5 Å². The van der Waals surface area contributed by atoms with Crippen molar-refractivity contribution in [2.45, 2.75) is 124 Å². The fourth-order valence-corrected chi connectivity index (χ4v) is 10.7. The molecule has 0 bridgehead atoms. The molecule has 7 fully saturated rings. The number of carbonyl (C=O) groups is 2. The molecule has 13 atom stereocenters. The number of esters is 2. The lowest BCUT2D eigenvalue weighted by atomic mass is 9.54. The molecule has 38 heavy (non-hydrogen) atoms. The fraction of sp³-hybridized carbons (Fsp3) is 0.857. The first-order valence-electron chi connectivity index (χ1n) is 14.0. The van der Waals surface area contributed by atoms with Gasteiger partial charge < -0.3 is 39.0 Å². The van der Waals surface area contributed by atoms with E-state index < -0.39 is 64.0 Å². The number of hydrogen-bond donors (Lipinski definition) is 3. The Morgan fingerprint density at radius 3 is 2.47 bits per heavy atom. The van der Waals surface area contributed by atoms with Gasteiger partial charge in [0.05, 0.1) is 35.9 Å². The quantitative estimate of drug-likeness (QED) is 0.304.